The first-order chi connectivity index (χ1) is 13.9. The molecule has 2 aromatic rings. The smallest absolute Gasteiger partial charge is 0.262 e. The van der Waals surface area contributed by atoms with E-state index in [2.05, 4.69) is 11.4 Å². The van der Waals surface area contributed by atoms with Crippen molar-refractivity contribution in [1.29, 1.82) is 5.26 Å². The summed E-state index contributed by atoms with van der Waals surface area (Å²) >= 11 is 0. The van der Waals surface area contributed by atoms with Gasteiger partial charge >= 0.3 is 0 Å². The molecule has 152 valence electrons. The molecule has 7 nitrogen and oxygen atoms in total. The number of aliphatic hydroxyl groups is 2. The van der Waals surface area contributed by atoms with E-state index >= 15 is 0 Å². The Morgan fingerprint density at radius 2 is 1.97 bits per heavy atom. The molecule has 0 aliphatic carbocycles. The zero-order chi connectivity index (χ0) is 21.0. The summed E-state index contributed by atoms with van der Waals surface area (Å²) in [5.41, 5.74) is 1.82. The maximum absolute atomic E-state index is 12.4. The summed E-state index contributed by atoms with van der Waals surface area (Å²) in [5, 5.41) is 33.3. The summed E-state index contributed by atoms with van der Waals surface area (Å²) in [6.45, 7) is 0.108. The van der Waals surface area contributed by atoms with Gasteiger partial charge < -0.3 is 25.2 Å². The molecule has 1 aliphatic rings. The SMILES string of the molecule is CN(C)c1ccc2cc(/C=C(\C#N)C(=O)NCC3CC(O)CC(O)O3)ccc2c1. The van der Waals surface area contributed by atoms with Crippen molar-refractivity contribution in [1.82, 2.24) is 5.32 Å². The van der Waals surface area contributed by atoms with Crippen LogP contribution in [0.25, 0.3) is 16.8 Å². The van der Waals surface area contributed by atoms with E-state index in [4.69, 9.17) is 4.74 Å². The molecule has 0 aromatic heterocycles. The second-order valence-corrected chi connectivity index (χ2v) is 7.40. The van der Waals surface area contributed by atoms with Gasteiger partial charge in [0, 0.05) is 39.2 Å². The van der Waals surface area contributed by atoms with Gasteiger partial charge in [0.25, 0.3) is 5.91 Å². The van der Waals surface area contributed by atoms with E-state index in [1.165, 1.54) is 0 Å². The first-order valence-corrected chi connectivity index (χ1v) is 9.48. The third kappa shape index (κ3) is 5.33. The van der Waals surface area contributed by atoms with Crippen LogP contribution in [0.15, 0.2) is 42.0 Å². The molecule has 1 amide bonds. The Morgan fingerprint density at radius 3 is 2.66 bits per heavy atom. The van der Waals surface area contributed by atoms with Crippen LogP contribution in [-0.2, 0) is 9.53 Å². The maximum Gasteiger partial charge on any atom is 0.262 e. The summed E-state index contributed by atoms with van der Waals surface area (Å²) in [4.78, 5) is 14.4. The minimum absolute atomic E-state index is 0.0221. The number of nitrogens with zero attached hydrogens (tertiary/aromatic N) is 2. The maximum atomic E-state index is 12.4. The molecule has 0 radical (unpaired) electrons. The number of aliphatic hydroxyl groups excluding tert-OH is 2. The van der Waals surface area contributed by atoms with Crippen LogP contribution in [0, 0.1) is 11.3 Å². The van der Waals surface area contributed by atoms with E-state index in [1.54, 1.807) is 6.08 Å². The number of nitrogens with one attached hydrogen (secondary N) is 1. The molecular formula is C22H25N3O4. The number of carbonyl (C=O) groups is 1. The number of nitriles is 1. The van der Waals surface area contributed by atoms with Crippen LogP contribution in [0.2, 0.25) is 0 Å². The highest BCUT2D eigenvalue weighted by Gasteiger charge is 2.27. The van der Waals surface area contributed by atoms with Crippen LogP contribution < -0.4 is 10.2 Å². The van der Waals surface area contributed by atoms with E-state index in [0.717, 1.165) is 22.0 Å². The fraction of sp³-hybridized carbons (Fsp3) is 0.364. The highest BCUT2D eigenvalue weighted by Crippen LogP contribution is 2.23. The van der Waals surface area contributed by atoms with Crippen molar-refractivity contribution >= 4 is 28.4 Å². The molecule has 2 aromatic carbocycles. The van der Waals surface area contributed by atoms with Crippen molar-refractivity contribution < 1.29 is 19.7 Å². The molecule has 0 bridgehead atoms. The molecule has 1 saturated heterocycles. The molecule has 1 fully saturated rings. The van der Waals surface area contributed by atoms with E-state index in [9.17, 15) is 20.3 Å². The van der Waals surface area contributed by atoms with Crippen LogP contribution in [0.5, 0.6) is 0 Å². The number of fused-ring (bicyclic) bond motifs is 1. The Labute approximate surface area is 169 Å². The monoisotopic (exact) mass is 395 g/mol. The molecule has 0 saturated carbocycles. The molecule has 3 rings (SSSR count). The van der Waals surface area contributed by atoms with Gasteiger partial charge in [0.05, 0.1) is 12.2 Å². The molecule has 3 N–H and O–H groups in total. The van der Waals surface area contributed by atoms with Crippen LogP contribution in [0.3, 0.4) is 0 Å². The van der Waals surface area contributed by atoms with Crippen molar-refractivity contribution in [3.8, 4) is 6.07 Å². The quantitative estimate of drug-likeness (QED) is 0.526. The van der Waals surface area contributed by atoms with Crippen LogP contribution in [-0.4, -0.2) is 55.3 Å². The van der Waals surface area contributed by atoms with Gasteiger partial charge in [-0.25, -0.2) is 0 Å². The second-order valence-electron chi connectivity index (χ2n) is 7.40. The Kier molecular flexibility index (Phi) is 6.49. The first kappa shape index (κ1) is 20.8. The lowest BCUT2D eigenvalue weighted by Gasteiger charge is -2.30. The Hall–Kier alpha value is -2.92. The predicted molar refractivity (Wildman–Crippen MR) is 111 cm³/mol. The topological polar surface area (TPSA) is 106 Å². The van der Waals surface area contributed by atoms with E-state index in [1.807, 2.05) is 55.4 Å². The molecule has 1 heterocycles. The number of carbonyl (C=O) groups excluding carboxylic acids is 1. The molecular weight excluding hydrogens is 370 g/mol. The van der Waals surface area contributed by atoms with Gasteiger partial charge in [-0.05, 0) is 40.6 Å². The molecule has 29 heavy (non-hydrogen) atoms. The lowest BCUT2D eigenvalue weighted by atomic mass is 10.0. The van der Waals surface area contributed by atoms with Gasteiger partial charge in [-0.15, -0.1) is 0 Å². The van der Waals surface area contributed by atoms with E-state index < -0.39 is 24.4 Å². The number of amides is 1. The van der Waals surface area contributed by atoms with Gasteiger partial charge in [0.15, 0.2) is 6.29 Å². The number of hydrogen-bond acceptors (Lipinski definition) is 6. The lowest BCUT2D eigenvalue weighted by molar-refractivity contribution is -0.187. The standard InChI is InChI=1S/C22H25N3O4/c1-25(2)18-6-5-15-7-14(3-4-16(15)9-18)8-17(12-23)22(28)24-13-20-10-19(26)11-21(27)29-20/h3-9,19-21,26-27H,10-11,13H2,1-2H3,(H,24,28)/b17-8+. The summed E-state index contributed by atoms with van der Waals surface area (Å²) in [7, 11) is 3.96. The number of ether oxygens (including phenoxy) is 1. The normalized spacial score (nSPS) is 22.2. The van der Waals surface area contributed by atoms with Crippen molar-refractivity contribution in [2.75, 3.05) is 25.5 Å². The van der Waals surface area contributed by atoms with Gasteiger partial charge in [0.1, 0.15) is 11.6 Å². The van der Waals surface area contributed by atoms with Crippen molar-refractivity contribution in [2.45, 2.75) is 31.3 Å². The zero-order valence-corrected chi connectivity index (χ0v) is 16.5. The van der Waals surface area contributed by atoms with Crippen LogP contribution >= 0.6 is 0 Å². The van der Waals surface area contributed by atoms with Crippen LogP contribution in [0.4, 0.5) is 5.69 Å². The average Bonchev–Trinajstić information content (AvgIpc) is 2.69. The minimum atomic E-state index is -1.04. The van der Waals surface area contributed by atoms with Crippen LogP contribution in [0.1, 0.15) is 18.4 Å². The summed E-state index contributed by atoms with van der Waals surface area (Å²) in [6.07, 6.45) is -0.187. The molecule has 1 aliphatic heterocycles. The first-order valence-electron chi connectivity index (χ1n) is 9.48. The average molecular weight is 395 g/mol. The number of anilines is 1. The van der Waals surface area contributed by atoms with E-state index in [-0.39, 0.29) is 18.5 Å². The summed E-state index contributed by atoms with van der Waals surface area (Å²) < 4.78 is 5.29. The molecule has 0 spiro atoms. The van der Waals surface area contributed by atoms with Crippen molar-refractivity contribution in [2.24, 2.45) is 0 Å². The van der Waals surface area contributed by atoms with Gasteiger partial charge in [-0.2, -0.15) is 5.26 Å². The van der Waals surface area contributed by atoms with Gasteiger partial charge in [-0.1, -0.05) is 18.2 Å². The summed E-state index contributed by atoms with van der Waals surface area (Å²) in [5.74, 6) is -0.520. The zero-order valence-electron chi connectivity index (χ0n) is 16.5. The molecule has 3 unspecified atom stereocenters. The fourth-order valence-electron chi connectivity index (χ4n) is 3.33. The summed E-state index contributed by atoms with van der Waals surface area (Å²) in [6, 6.07) is 13.8. The molecule has 7 heteroatoms. The highest BCUT2D eigenvalue weighted by molar-refractivity contribution is 6.02. The number of hydrogen-bond donors (Lipinski definition) is 3. The number of rotatable bonds is 5. The Balaban J connectivity index is 1.70. The highest BCUT2D eigenvalue weighted by atomic mass is 16.6. The third-order valence-corrected chi connectivity index (χ3v) is 4.89. The fourth-order valence-corrected chi connectivity index (χ4v) is 3.33. The number of benzene rings is 2. The Morgan fingerprint density at radius 1 is 1.24 bits per heavy atom. The van der Waals surface area contributed by atoms with E-state index in [0.29, 0.717) is 6.42 Å². The largest absolute Gasteiger partial charge is 0.393 e. The third-order valence-electron chi connectivity index (χ3n) is 4.89. The molecule has 3 atom stereocenters. The minimum Gasteiger partial charge on any atom is -0.393 e. The van der Waals surface area contributed by atoms with Crippen molar-refractivity contribution in [3.05, 3.63) is 47.5 Å². The lowest BCUT2D eigenvalue weighted by Crippen LogP contribution is -2.42. The van der Waals surface area contributed by atoms with Gasteiger partial charge in [-0.3, -0.25) is 4.79 Å². The van der Waals surface area contributed by atoms with Crippen molar-refractivity contribution in [3.63, 3.8) is 0 Å². The van der Waals surface area contributed by atoms with Gasteiger partial charge in [0.2, 0.25) is 0 Å². The Bertz CT molecular complexity index is 954. The second kappa shape index (κ2) is 9.05. The predicted octanol–water partition coefficient (Wildman–Crippen LogP) is 1.79.